The van der Waals surface area contributed by atoms with Crippen molar-refractivity contribution in [2.45, 2.75) is 20.1 Å². The summed E-state index contributed by atoms with van der Waals surface area (Å²) in [5, 5.41) is 7.47. The van der Waals surface area contributed by atoms with E-state index in [1.54, 1.807) is 30.3 Å². The summed E-state index contributed by atoms with van der Waals surface area (Å²) in [6.45, 7) is 2.38. The average Bonchev–Trinajstić information content (AvgIpc) is 3.27. The molecule has 0 unspecified atom stereocenters. The summed E-state index contributed by atoms with van der Waals surface area (Å²) in [6, 6.07) is 22.2. The number of rotatable bonds is 7. The Hall–Kier alpha value is -3.64. The zero-order valence-corrected chi connectivity index (χ0v) is 17.6. The fourth-order valence-corrected chi connectivity index (χ4v) is 3.17. The van der Waals surface area contributed by atoms with E-state index in [0.29, 0.717) is 34.6 Å². The number of nitrogens with zero attached hydrogens (tertiary/aromatic N) is 2. The molecule has 156 valence electrons. The number of benzene rings is 3. The first-order chi connectivity index (χ1) is 15.1. The van der Waals surface area contributed by atoms with Gasteiger partial charge in [0.05, 0.1) is 5.56 Å². The molecule has 1 aromatic heterocycles. The summed E-state index contributed by atoms with van der Waals surface area (Å²) in [5.74, 6) is 0.974. The number of halogens is 1. The van der Waals surface area contributed by atoms with Crippen molar-refractivity contribution in [3.8, 4) is 17.1 Å². The minimum Gasteiger partial charge on any atom is -0.483 e. The van der Waals surface area contributed by atoms with E-state index in [9.17, 15) is 4.79 Å². The highest BCUT2D eigenvalue weighted by Crippen LogP contribution is 2.21. The van der Waals surface area contributed by atoms with E-state index in [0.717, 1.165) is 16.7 Å². The second kappa shape index (κ2) is 9.45. The predicted octanol–water partition coefficient (Wildman–Crippen LogP) is 5.21. The summed E-state index contributed by atoms with van der Waals surface area (Å²) in [5.41, 5.74) is 3.26. The zero-order valence-electron chi connectivity index (χ0n) is 16.8. The number of carbonyl (C=O) groups is 1. The lowest BCUT2D eigenvalue weighted by molar-refractivity contribution is 0.0945. The fraction of sp³-hybridized carbons (Fsp3) is 0.125. The van der Waals surface area contributed by atoms with Crippen molar-refractivity contribution < 1.29 is 14.1 Å². The van der Waals surface area contributed by atoms with Crippen molar-refractivity contribution in [1.82, 2.24) is 15.5 Å². The first-order valence-corrected chi connectivity index (χ1v) is 10.1. The summed E-state index contributed by atoms with van der Waals surface area (Å²) >= 11 is 6.16. The van der Waals surface area contributed by atoms with Crippen LogP contribution in [0.4, 0.5) is 0 Å². The van der Waals surface area contributed by atoms with E-state index < -0.39 is 0 Å². The van der Waals surface area contributed by atoms with E-state index in [-0.39, 0.29) is 12.5 Å². The molecule has 0 spiro atoms. The third-order valence-corrected chi connectivity index (χ3v) is 5.03. The van der Waals surface area contributed by atoms with E-state index in [4.69, 9.17) is 20.9 Å². The van der Waals surface area contributed by atoms with Crippen LogP contribution in [-0.2, 0) is 13.2 Å². The van der Waals surface area contributed by atoms with Crippen molar-refractivity contribution in [2.24, 2.45) is 0 Å². The summed E-state index contributed by atoms with van der Waals surface area (Å²) < 4.78 is 11.1. The van der Waals surface area contributed by atoms with Gasteiger partial charge in [-0.3, -0.25) is 4.79 Å². The van der Waals surface area contributed by atoms with Crippen LogP contribution in [0, 0.1) is 6.92 Å². The molecule has 0 aliphatic rings. The number of aryl methyl sites for hydroxylation is 1. The van der Waals surface area contributed by atoms with Crippen molar-refractivity contribution in [2.75, 3.05) is 0 Å². The monoisotopic (exact) mass is 433 g/mol. The number of nitrogens with one attached hydrogen (secondary N) is 1. The molecule has 1 amide bonds. The number of aromatic nitrogens is 2. The Morgan fingerprint density at radius 2 is 1.77 bits per heavy atom. The van der Waals surface area contributed by atoms with Crippen LogP contribution in [0.25, 0.3) is 11.4 Å². The zero-order chi connectivity index (χ0) is 21.6. The molecule has 0 aliphatic heterocycles. The van der Waals surface area contributed by atoms with Crippen LogP contribution >= 0.6 is 11.6 Å². The van der Waals surface area contributed by atoms with Gasteiger partial charge in [-0.05, 0) is 30.7 Å². The second-order valence-corrected chi connectivity index (χ2v) is 7.34. The van der Waals surface area contributed by atoms with Crippen LogP contribution in [0.5, 0.6) is 5.75 Å². The molecule has 0 atom stereocenters. The number of hydrogen-bond acceptors (Lipinski definition) is 5. The van der Waals surface area contributed by atoms with Crippen LogP contribution in [0.15, 0.2) is 77.3 Å². The van der Waals surface area contributed by atoms with Gasteiger partial charge in [-0.25, -0.2) is 0 Å². The van der Waals surface area contributed by atoms with Gasteiger partial charge in [-0.1, -0.05) is 76.9 Å². The van der Waals surface area contributed by atoms with E-state index >= 15 is 0 Å². The van der Waals surface area contributed by atoms with Gasteiger partial charge in [0.2, 0.25) is 5.82 Å². The lowest BCUT2D eigenvalue weighted by Gasteiger charge is -2.11. The van der Waals surface area contributed by atoms with Crippen LogP contribution < -0.4 is 10.1 Å². The SMILES string of the molecule is Cc1ccc(-c2noc(COc3ccccc3C(=O)NCc3ccccc3Cl)n2)cc1. The third-order valence-electron chi connectivity index (χ3n) is 4.66. The minimum absolute atomic E-state index is 0.0493. The predicted molar refractivity (Wildman–Crippen MR) is 118 cm³/mol. The van der Waals surface area contributed by atoms with Gasteiger partial charge < -0.3 is 14.6 Å². The van der Waals surface area contributed by atoms with Crippen molar-refractivity contribution in [1.29, 1.82) is 0 Å². The lowest BCUT2D eigenvalue weighted by Crippen LogP contribution is -2.23. The van der Waals surface area contributed by atoms with Crippen LogP contribution in [0.1, 0.15) is 27.4 Å². The molecule has 31 heavy (non-hydrogen) atoms. The third kappa shape index (κ3) is 5.10. The first-order valence-electron chi connectivity index (χ1n) is 9.73. The Bertz CT molecular complexity index is 1190. The Kier molecular flexibility index (Phi) is 6.29. The molecule has 0 aliphatic carbocycles. The maximum atomic E-state index is 12.7. The molecule has 0 radical (unpaired) electrons. The van der Waals surface area contributed by atoms with Crippen molar-refractivity contribution >= 4 is 17.5 Å². The van der Waals surface area contributed by atoms with E-state index in [2.05, 4.69) is 15.5 Å². The molecule has 0 bridgehead atoms. The quantitative estimate of drug-likeness (QED) is 0.433. The number of amides is 1. The lowest BCUT2D eigenvalue weighted by atomic mass is 10.1. The number of para-hydroxylation sites is 1. The molecule has 6 nitrogen and oxygen atoms in total. The molecule has 4 rings (SSSR count). The van der Waals surface area contributed by atoms with Gasteiger partial charge >= 0.3 is 0 Å². The summed E-state index contributed by atoms with van der Waals surface area (Å²) in [4.78, 5) is 17.1. The van der Waals surface area contributed by atoms with Crippen molar-refractivity contribution in [3.63, 3.8) is 0 Å². The van der Waals surface area contributed by atoms with Crippen molar-refractivity contribution in [3.05, 3.63) is 100 Å². The molecule has 0 saturated carbocycles. The minimum atomic E-state index is -0.263. The van der Waals surface area contributed by atoms with Gasteiger partial charge in [0, 0.05) is 17.1 Å². The van der Waals surface area contributed by atoms with Gasteiger partial charge in [-0.2, -0.15) is 4.98 Å². The standard InChI is InChI=1S/C24H20ClN3O3/c1-16-10-12-17(13-11-16)23-27-22(31-28-23)15-30-21-9-5-3-7-19(21)24(29)26-14-18-6-2-4-8-20(18)25/h2-13H,14-15H2,1H3,(H,26,29). The first kappa shape index (κ1) is 20.6. The van der Waals surface area contributed by atoms with Gasteiger partial charge in [0.1, 0.15) is 5.75 Å². The highest BCUT2D eigenvalue weighted by Gasteiger charge is 2.14. The normalized spacial score (nSPS) is 10.6. The average molecular weight is 434 g/mol. The number of hydrogen-bond donors (Lipinski definition) is 1. The van der Waals surface area contributed by atoms with Crippen LogP contribution in [-0.4, -0.2) is 16.0 Å². The smallest absolute Gasteiger partial charge is 0.264 e. The Labute approximate surface area is 184 Å². The molecule has 3 aromatic carbocycles. The fourth-order valence-electron chi connectivity index (χ4n) is 2.97. The molecule has 1 N–H and O–H groups in total. The van der Waals surface area contributed by atoms with Gasteiger partial charge in [-0.15, -0.1) is 0 Å². The molecule has 0 saturated heterocycles. The van der Waals surface area contributed by atoms with Gasteiger partial charge in [0.25, 0.3) is 11.8 Å². The molecule has 0 fully saturated rings. The highest BCUT2D eigenvalue weighted by atomic mass is 35.5. The van der Waals surface area contributed by atoms with E-state index in [1.165, 1.54) is 0 Å². The van der Waals surface area contributed by atoms with E-state index in [1.807, 2.05) is 49.4 Å². The Balaban J connectivity index is 1.41. The number of carbonyl (C=O) groups excluding carboxylic acids is 1. The molecule has 4 aromatic rings. The Morgan fingerprint density at radius 1 is 1.03 bits per heavy atom. The maximum Gasteiger partial charge on any atom is 0.264 e. The van der Waals surface area contributed by atoms with Crippen LogP contribution in [0.2, 0.25) is 5.02 Å². The summed E-state index contributed by atoms with van der Waals surface area (Å²) in [6.07, 6.45) is 0. The molecule has 1 heterocycles. The topological polar surface area (TPSA) is 77.2 Å². The van der Waals surface area contributed by atoms with Crippen LogP contribution in [0.3, 0.4) is 0 Å². The number of ether oxygens (including phenoxy) is 1. The largest absolute Gasteiger partial charge is 0.483 e. The maximum absolute atomic E-state index is 12.7. The molecular weight excluding hydrogens is 414 g/mol. The molecule has 7 heteroatoms. The molecular formula is C24H20ClN3O3. The Morgan fingerprint density at radius 3 is 2.58 bits per heavy atom. The van der Waals surface area contributed by atoms with Gasteiger partial charge in [0.15, 0.2) is 6.61 Å². The second-order valence-electron chi connectivity index (χ2n) is 6.94. The summed E-state index contributed by atoms with van der Waals surface area (Å²) in [7, 11) is 0. The highest BCUT2D eigenvalue weighted by molar-refractivity contribution is 6.31.